The van der Waals surface area contributed by atoms with E-state index >= 15 is 0 Å². The van der Waals surface area contributed by atoms with Crippen LogP contribution in [0.5, 0.6) is 0 Å². The average molecular weight is 258 g/mol. The molecule has 1 aliphatic carbocycles. The summed E-state index contributed by atoms with van der Waals surface area (Å²) >= 11 is 0. The molecule has 2 N–H and O–H groups in total. The van der Waals surface area contributed by atoms with Gasteiger partial charge in [0.1, 0.15) is 6.67 Å². The van der Waals surface area contributed by atoms with Gasteiger partial charge in [0.25, 0.3) is 0 Å². The molecule has 2 aromatic heterocycles. The van der Waals surface area contributed by atoms with E-state index in [0.29, 0.717) is 12.5 Å². The summed E-state index contributed by atoms with van der Waals surface area (Å²) in [5.41, 5.74) is 9.49. The molecule has 3 rings (SSSR count). The summed E-state index contributed by atoms with van der Waals surface area (Å²) in [6.07, 6.45) is 5.61. The first kappa shape index (κ1) is 12.2. The highest BCUT2D eigenvalue weighted by Crippen LogP contribution is 2.40. The van der Waals surface area contributed by atoms with Gasteiger partial charge in [-0.05, 0) is 30.5 Å². The number of nitrogens with zero attached hydrogens (tertiary/aromatic N) is 3. The zero-order valence-electron chi connectivity index (χ0n) is 10.5. The minimum Gasteiger partial charge on any atom is -0.326 e. The molecule has 19 heavy (non-hydrogen) atoms. The standard InChI is InChI=1S/C14H15FN4/c15-5-14-17-7-11(8-18-14)13-4-9(6-16)3-12(19-13)10-1-2-10/h3-4,7-8,10H,1-2,5-6,16H2. The minimum absolute atomic E-state index is 0.196. The molecule has 0 unspecified atom stereocenters. The second-order valence-electron chi connectivity index (χ2n) is 4.79. The Kier molecular flexibility index (Phi) is 3.21. The number of nitrogens with two attached hydrogens (primary N) is 1. The lowest BCUT2D eigenvalue weighted by atomic mass is 10.1. The van der Waals surface area contributed by atoms with Gasteiger partial charge in [0.15, 0.2) is 5.82 Å². The van der Waals surface area contributed by atoms with Gasteiger partial charge in [0.2, 0.25) is 0 Å². The molecule has 0 aliphatic heterocycles. The Morgan fingerprint density at radius 3 is 2.53 bits per heavy atom. The van der Waals surface area contributed by atoms with E-state index in [-0.39, 0.29) is 5.82 Å². The van der Waals surface area contributed by atoms with Crippen molar-refractivity contribution in [2.24, 2.45) is 5.73 Å². The van der Waals surface area contributed by atoms with E-state index in [0.717, 1.165) is 22.5 Å². The summed E-state index contributed by atoms with van der Waals surface area (Å²) in [5.74, 6) is 0.762. The zero-order valence-corrected chi connectivity index (χ0v) is 10.5. The fourth-order valence-electron chi connectivity index (χ4n) is 2.02. The zero-order chi connectivity index (χ0) is 13.2. The molecule has 0 spiro atoms. The Morgan fingerprint density at radius 2 is 1.95 bits per heavy atom. The third-order valence-corrected chi connectivity index (χ3v) is 3.26. The van der Waals surface area contributed by atoms with Gasteiger partial charge in [0, 0.05) is 36.1 Å². The largest absolute Gasteiger partial charge is 0.326 e. The molecular weight excluding hydrogens is 243 g/mol. The summed E-state index contributed by atoms with van der Waals surface area (Å²) in [7, 11) is 0. The van der Waals surface area contributed by atoms with Crippen LogP contribution in [0, 0.1) is 0 Å². The Hall–Kier alpha value is -1.88. The number of halogens is 1. The molecule has 0 atom stereocenters. The molecule has 98 valence electrons. The first-order valence-electron chi connectivity index (χ1n) is 6.38. The minimum atomic E-state index is -0.649. The second kappa shape index (κ2) is 5.01. The highest BCUT2D eigenvalue weighted by atomic mass is 19.1. The molecule has 1 saturated carbocycles. The van der Waals surface area contributed by atoms with Gasteiger partial charge in [-0.3, -0.25) is 4.98 Å². The predicted octanol–water partition coefficient (Wildman–Crippen LogP) is 2.34. The molecule has 0 radical (unpaired) electrons. The Bertz CT molecular complexity index is 578. The maximum absolute atomic E-state index is 12.4. The lowest BCUT2D eigenvalue weighted by Crippen LogP contribution is -2.01. The maximum atomic E-state index is 12.4. The Morgan fingerprint density at radius 1 is 1.21 bits per heavy atom. The predicted molar refractivity (Wildman–Crippen MR) is 69.9 cm³/mol. The van der Waals surface area contributed by atoms with Crippen LogP contribution in [0.15, 0.2) is 24.5 Å². The summed E-state index contributed by atoms with van der Waals surface area (Å²) in [5, 5.41) is 0. The van der Waals surface area contributed by atoms with Gasteiger partial charge in [0.05, 0.1) is 5.69 Å². The van der Waals surface area contributed by atoms with Crippen LogP contribution in [0.25, 0.3) is 11.3 Å². The monoisotopic (exact) mass is 258 g/mol. The third-order valence-electron chi connectivity index (χ3n) is 3.26. The van der Waals surface area contributed by atoms with Gasteiger partial charge in [-0.2, -0.15) is 0 Å². The highest BCUT2D eigenvalue weighted by molar-refractivity contribution is 5.58. The first-order chi connectivity index (χ1) is 9.30. The quantitative estimate of drug-likeness (QED) is 0.914. The van der Waals surface area contributed by atoms with E-state index in [2.05, 4.69) is 21.0 Å². The van der Waals surface area contributed by atoms with Crippen LogP contribution in [-0.2, 0) is 13.2 Å². The van der Waals surface area contributed by atoms with Crippen LogP contribution >= 0.6 is 0 Å². The maximum Gasteiger partial charge on any atom is 0.159 e. The average Bonchev–Trinajstić information content (AvgIpc) is 3.31. The molecule has 0 bridgehead atoms. The number of alkyl halides is 1. The van der Waals surface area contributed by atoms with Crippen LogP contribution in [0.4, 0.5) is 4.39 Å². The van der Waals surface area contributed by atoms with E-state index in [9.17, 15) is 4.39 Å². The lowest BCUT2D eigenvalue weighted by molar-refractivity contribution is 0.465. The molecule has 0 aromatic carbocycles. The summed E-state index contributed by atoms with van der Waals surface area (Å²) < 4.78 is 12.4. The van der Waals surface area contributed by atoms with E-state index < -0.39 is 6.67 Å². The topological polar surface area (TPSA) is 64.7 Å². The molecule has 0 amide bonds. The van der Waals surface area contributed by atoms with Crippen molar-refractivity contribution in [2.45, 2.75) is 32.0 Å². The van der Waals surface area contributed by atoms with Crippen LogP contribution in [-0.4, -0.2) is 15.0 Å². The van der Waals surface area contributed by atoms with Crippen LogP contribution in [0.2, 0.25) is 0 Å². The van der Waals surface area contributed by atoms with Crippen molar-refractivity contribution in [1.29, 1.82) is 0 Å². The van der Waals surface area contributed by atoms with E-state index in [4.69, 9.17) is 5.73 Å². The van der Waals surface area contributed by atoms with Crippen LogP contribution in [0.1, 0.15) is 35.8 Å². The molecule has 1 fully saturated rings. The SMILES string of the molecule is NCc1cc(-c2cnc(CF)nc2)nc(C2CC2)c1. The Labute approximate surface area is 110 Å². The van der Waals surface area contributed by atoms with Gasteiger partial charge >= 0.3 is 0 Å². The van der Waals surface area contributed by atoms with Crippen molar-refractivity contribution in [2.75, 3.05) is 0 Å². The molecular formula is C14H15FN4. The van der Waals surface area contributed by atoms with Gasteiger partial charge < -0.3 is 5.73 Å². The van der Waals surface area contributed by atoms with E-state index in [1.54, 1.807) is 12.4 Å². The van der Waals surface area contributed by atoms with Crippen molar-refractivity contribution in [3.8, 4) is 11.3 Å². The first-order valence-corrected chi connectivity index (χ1v) is 6.38. The molecule has 2 aromatic rings. The van der Waals surface area contributed by atoms with Crippen molar-refractivity contribution in [3.63, 3.8) is 0 Å². The van der Waals surface area contributed by atoms with Crippen molar-refractivity contribution in [1.82, 2.24) is 15.0 Å². The molecule has 4 nitrogen and oxygen atoms in total. The normalized spacial score (nSPS) is 14.6. The van der Waals surface area contributed by atoms with E-state index in [1.165, 1.54) is 12.8 Å². The lowest BCUT2D eigenvalue weighted by Gasteiger charge is -2.07. The summed E-state index contributed by atoms with van der Waals surface area (Å²) in [6, 6.07) is 4.01. The molecule has 2 heterocycles. The number of hydrogen-bond acceptors (Lipinski definition) is 4. The van der Waals surface area contributed by atoms with Crippen LogP contribution in [0.3, 0.4) is 0 Å². The van der Waals surface area contributed by atoms with Crippen LogP contribution < -0.4 is 5.73 Å². The summed E-state index contributed by atoms with van der Waals surface area (Å²) in [4.78, 5) is 12.6. The van der Waals surface area contributed by atoms with Crippen molar-refractivity contribution >= 4 is 0 Å². The molecule has 1 aliphatic rings. The third kappa shape index (κ3) is 2.61. The smallest absolute Gasteiger partial charge is 0.159 e. The number of pyridine rings is 1. The fraction of sp³-hybridized carbons (Fsp3) is 0.357. The number of hydrogen-bond donors (Lipinski definition) is 1. The van der Waals surface area contributed by atoms with Crippen molar-refractivity contribution < 1.29 is 4.39 Å². The Balaban J connectivity index is 1.99. The summed E-state index contributed by atoms with van der Waals surface area (Å²) in [6.45, 7) is -0.164. The van der Waals surface area contributed by atoms with E-state index in [1.807, 2.05) is 6.07 Å². The second-order valence-corrected chi connectivity index (χ2v) is 4.79. The van der Waals surface area contributed by atoms with Gasteiger partial charge in [-0.25, -0.2) is 14.4 Å². The van der Waals surface area contributed by atoms with Gasteiger partial charge in [-0.15, -0.1) is 0 Å². The highest BCUT2D eigenvalue weighted by Gasteiger charge is 2.25. The van der Waals surface area contributed by atoms with Gasteiger partial charge in [-0.1, -0.05) is 0 Å². The molecule has 5 heteroatoms. The fourth-order valence-corrected chi connectivity index (χ4v) is 2.02. The molecule has 0 saturated heterocycles. The number of rotatable bonds is 4. The number of aromatic nitrogens is 3. The van der Waals surface area contributed by atoms with Crippen molar-refractivity contribution in [3.05, 3.63) is 41.6 Å².